The molecule has 4 aromatic rings. The van der Waals surface area contributed by atoms with Gasteiger partial charge in [0, 0.05) is 34.6 Å². The van der Waals surface area contributed by atoms with Crippen molar-refractivity contribution in [1.29, 1.82) is 0 Å². The topological polar surface area (TPSA) is 23.4 Å². The molecule has 0 aliphatic heterocycles. The second-order valence-corrected chi connectivity index (χ2v) is 7.88. The van der Waals surface area contributed by atoms with E-state index in [-0.39, 0.29) is 0 Å². The zero-order valence-electron chi connectivity index (χ0n) is 17.4. The summed E-state index contributed by atoms with van der Waals surface area (Å²) in [6, 6.07) is 24.3. The number of aryl methyl sites for hydroxylation is 1. The molecule has 30 heavy (non-hydrogen) atoms. The Kier molecular flexibility index (Phi) is 6.29. The number of unbranched alkanes of at least 4 members (excludes halogenated alkanes) is 1. The fourth-order valence-electron chi connectivity index (χ4n) is 3.69. The monoisotopic (exact) mass is 419 g/mol. The van der Waals surface area contributed by atoms with E-state index in [4.69, 9.17) is 21.1 Å². The number of methoxy groups -OCH3 is 1. The van der Waals surface area contributed by atoms with E-state index < -0.39 is 0 Å². The third kappa shape index (κ3) is 4.63. The second-order valence-electron chi connectivity index (χ2n) is 7.44. The quantitative estimate of drug-likeness (QED) is 0.295. The van der Waals surface area contributed by atoms with Crippen molar-refractivity contribution in [3.05, 3.63) is 89.1 Å². The third-order valence-corrected chi connectivity index (χ3v) is 5.54. The molecular weight excluding hydrogens is 394 g/mol. The van der Waals surface area contributed by atoms with Gasteiger partial charge in [-0.25, -0.2) is 0 Å². The van der Waals surface area contributed by atoms with Crippen molar-refractivity contribution in [3.8, 4) is 17.2 Å². The van der Waals surface area contributed by atoms with Gasteiger partial charge in [-0.2, -0.15) is 0 Å². The van der Waals surface area contributed by atoms with Crippen LogP contribution in [0, 0.1) is 0 Å². The van der Waals surface area contributed by atoms with Crippen LogP contribution in [-0.2, 0) is 13.0 Å². The number of hydrogen-bond acceptors (Lipinski definition) is 2. The minimum atomic E-state index is 0.703. The summed E-state index contributed by atoms with van der Waals surface area (Å²) in [4.78, 5) is 0. The van der Waals surface area contributed by atoms with Crippen LogP contribution < -0.4 is 9.47 Å². The normalized spacial score (nSPS) is 11.0. The van der Waals surface area contributed by atoms with Crippen molar-refractivity contribution in [3.63, 3.8) is 0 Å². The molecule has 0 aliphatic rings. The maximum atomic E-state index is 6.03. The summed E-state index contributed by atoms with van der Waals surface area (Å²) < 4.78 is 13.8. The second kappa shape index (κ2) is 9.27. The van der Waals surface area contributed by atoms with Crippen LogP contribution in [0.2, 0.25) is 5.02 Å². The first-order chi connectivity index (χ1) is 14.7. The van der Waals surface area contributed by atoms with E-state index in [0.29, 0.717) is 5.02 Å². The SMILES string of the molecule is CCCCn1c(Cc2ccc(OC)cc2)cc2cc(Oc3ccc(Cl)cc3)ccc21. The first-order valence-electron chi connectivity index (χ1n) is 10.3. The summed E-state index contributed by atoms with van der Waals surface area (Å²) in [6.07, 6.45) is 3.21. The largest absolute Gasteiger partial charge is 0.497 e. The lowest BCUT2D eigenvalue weighted by atomic mass is 10.1. The van der Waals surface area contributed by atoms with Gasteiger partial charge in [0.15, 0.2) is 0 Å². The Morgan fingerprint density at radius 1 is 0.833 bits per heavy atom. The number of hydrogen-bond donors (Lipinski definition) is 0. The van der Waals surface area contributed by atoms with Crippen LogP contribution in [0.15, 0.2) is 72.8 Å². The average molecular weight is 420 g/mol. The molecule has 1 heterocycles. The minimum absolute atomic E-state index is 0.703. The number of aromatic nitrogens is 1. The number of nitrogens with zero attached hydrogens (tertiary/aromatic N) is 1. The van der Waals surface area contributed by atoms with Crippen LogP contribution in [0.1, 0.15) is 31.0 Å². The molecule has 0 fully saturated rings. The molecule has 4 heteroatoms. The van der Waals surface area contributed by atoms with Gasteiger partial charge in [-0.05, 0) is 72.6 Å². The number of rotatable bonds is 8. The molecule has 0 aliphatic carbocycles. The highest BCUT2D eigenvalue weighted by atomic mass is 35.5. The molecule has 0 radical (unpaired) electrons. The fourth-order valence-corrected chi connectivity index (χ4v) is 3.81. The van der Waals surface area contributed by atoms with Gasteiger partial charge in [0.2, 0.25) is 0 Å². The van der Waals surface area contributed by atoms with Gasteiger partial charge in [-0.1, -0.05) is 37.1 Å². The molecule has 0 bridgehead atoms. The van der Waals surface area contributed by atoms with Crippen LogP contribution in [0.5, 0.6) is 17.2 Å². The van der Waals surface area contributed by atoms with Gasteiger partial charge in [0.1, 0.15) is 17.2 Å². The molecular formula is C26H26ClNO2. The zero-order chi connectivity index (χ0) is 20.9. The van der Waals surface area contributed by atoms with Crippen LogP contribution in [-0.4, -0.2) is 11.7 Å². The molecule has 0 spiro atoms. The number of halogens is 1. The highest BCUT2D eigenvalue weighted by Crippen LogP contribution is 2.30. The Balaban J connectivity index is 1.64. The van der Waals surface area contributed by atoms with E-state index in [1.54, 1.807) is 7.11 Å². The van der Waals surface area contributed by atoms with Crippen molar-refractivity contribution in [2.24, 2.45) is 0 Å². The first kappa shape index (κ1) is 20.4. The van der Waals surface area contributed by atoms with E-state index in [9.17, 15) is 0 Å². The molecule has 0 N–H and O–H groups in total. The summed E-state index contributed by atoms with van der Waals surface area (Å²) in [5.41, 5.74) is 3.83. The van der Waals surface area contributed by atoms with Crippen molar-refractivity contribution in [2.45, 2.75) is 32.7 Å². The molecule has 1 aromatic heterocycles. The lowest BCUT2D eigenvalue weighted by Crippen LogP contribution is -2.03. The molecule has 4 rings (SSSR count). The number of ether oxygens (including phenoxy) is 2. The van der Waals surface area contributed by atoms with E-state index in [1.165, 1.54) is 28.6 Å². The summed E-state index contributed by atoms with van der Waals surface area (Å²) in [6.45, 7) is 3.25. The average Bonchev–Trinajstić information content (AvgIpc) is 3.10. The fraction of sp³-hybridized carbons (Fsp3) is 0.231. The molecule has 3 nitrogen and oxygen atoms in total. The van der Waals surface area contributed by atoms with Crippen LogP contribution >= 0.6 is 11.6 Å². The molecule has 0 unspecified atom stereocenters. The van der Waals surface area contributed by atoms with Gasteiger partial charge in [-0.15, -0.1) is 0 Å². The number of fused-ring (bicyclic) bond motifs is 1. The summed E-state index contributed by atoms with van der Waals surface area (Å²) >= 11 is 5.97. The number of benzene rings is 3. The van der Waals surface area contributed by atoms with Gasteiger partial charge >= 0.3 is 0 Å². The summed E-state index contributed by atoms with van der Waals surface area (Å²) in [5.74, 6) is 2.49. The van der Waals surface area contributed by atoms with Crippen molar-refractivity contribution >= 4 is 22.5 Å². The smallest absolute Gasteiger partial charge is 0.128 e. The highest BCUT2D eigenvalue weighted by Gasteiger charge is 2.11. The predicted molar refractivity (Wildman–Crippen MR) is 124 cm³/mol. The first-order valence-corrected chi connectivity index (χ1v) is 10.7. The molecule has 154 valence electrons. The van der Waals surface area contributed by atoms with E-state index >= 15 is 0 Å². The van der Waals surface area contributed by atoms with E-state index in [0.717, 1.165) is 36.6 Å². The maximum absolute atomic E-state index is 6.03. The molecule has 0 saturated carbocycles. The van der Waals surface area contributed by atoms with Gasteiger partial charge in [0.25, 0.3) is 0 Å². The van der Waals surface area contributed by atoms with Crippen molar-refractivity contribution in [1.82, 2.24) is 4.57 Å². The van der Waals surface area contributed by atoms with E-state index in [2.05, 4.69) is 41.8 Å². The maximum Gasteiger partial charge on any atom is 0.128 e. The summed E-state index contributed by atoms with van der Waals surface area (Å²) in [7, 11) is 1.70. The van der Waals surface area contributed by atoms with Crippen molar-refractivity contribution < 1.29 is 9.47 Å². The van der Waals surface area contributed by atoms with Gasteiger partial charge in [0.05, 0.1) is 7.11 Å². The summed E-state index contributed by atoms with van der Waals surface area (Å²) in [5, 5.41) is 1.90. The lowest BCUT2D eigenvalue weighted by Gasteiger charge is -2.11. The molecule has 3 aromatic carbocycles. The Labute approximate surface area is 182 Å². The Morgan fingerprint density at radius 2 is 1.53 bits per heavy atom. The Morgan fingerprint density at radius 3 is 2.23 bits per heavy atom. The van der Waals surface area contributed by atoms with Gasteiger partial charge < -0.3 is 14.0 Å². The van der Waals surface area contributed by atoms with Crippen LogP contribution in [0.25, 0.3) is 10.9 Å². The molecule has 0 amide bonds. The van der Waals surface area contributed by atoms with Crippen molar-refractivity contribution in [2.75, 3.05) is 7.11 Å². The zero-order valence-corrected chi connectivity index (χ0v) is 18.2. The molecule has 0 saturated heterocycles. The Bertz CT molecular complexity index is 1110. The minimum Gasteiger partial charge on any atom is -0.497 e. The van der Waals surface area contributed by atoms with Crippen LogP contribution in [0.3, 0.4) is 0 Å². The molecule has 0 atom stereocenters. The lowest BCUT2D eigenvalue weighted by molar-refractivity contribution is 0.414. The predicted octanol–water partition coefficient (Wildman–Crippen LogP) is 7.49. The third-order valence-electron chi connectivity index (χ3n) is 5.29. The van der Waals surface area contributed by atoms with Gasteiger partial charge in [-0.3, -0.25) is 0 Å². The van der Waals surface area contributed by atoms with Crippen LogP contribution in [0.4, 0.5) is 0 Å². The highest BCUT2D eigenvalue weighted by molar-refractivity contribution is 6.30. The Hall–Kier alpha value is -2.91. The standard InChI is InChI=1S/C26H26ClNO2/c1-3-4-15-28-22(16-19-5-9-23(29-2)10-6-19)17-20-18-25(13-14-26(20)28)30-24-11-7-21(27)8-12-24/h5-14,17-18H,3-4,15-16H2,1-2H3. The van der Waals surface area contributed by atoms with E-state index in [1.807, 2.05) is 42.5 Å².